The monoisotopic (exact) mass is 352 g/mol. The van der Waals surface area contributed by atoms with E-state index in [-0.39, 0.29) is 5.91 Å². The number of aromatic nitrogens is 2. The van der Waals surface area contributed by atoms with Gasteiger partial charge in [0.2, 0.25) is 5.88 Å². The van der Waals surface area contributed by atoms with E-state index in [1.165, 1.54) is 0 Å². The number of aryl methyl sites for hydroxylation is 2. The van der Waals surface area contributed by atoms with Crippen molar-refractivity contribution < 1.29 is 14.1 Å². The Hall–Kier alpha value is -3.35. The van der Waals surface area contributed by atoms with Crippen molar-refractivity contribution in [3.05, 3.63) is 65.5 Å². The van der Waals surface area contributed by atoms with E-state index in [0.29, 0.717) is 23.1 Å². The second kappa shape index (κ2) is 7.69. The Bertz CT molecular complexity index is 893. The molecular formula is C19H20N4O3. The molecule has 0 aliphatic heterocycles. The van der Waals surface area contributed by atoms with Gasteiger partial charge in [-0.2, -0.15) is 0 Å². The number of methoxy groups -OCH3 is 1. The molecule has 2 N–H and O–H groups in total. The van der Waals surface area contributed by atoms with Gasteiger partial charge in [-0.3, -0.25) is 4.79 Å². The first-order valence-electron chi connectivity index (χ1n) is 8.13. The van der Waals surface area contributed by atoms with E-state index in [9.17, 15) is 4.79 Å². The summed E-state index contributed by atoms with van der Waals surface area (Å²) in [5, 5.41) is 9.81. The van der Waals surface area contributed by atoms with Crippen LogP contribution in [0.4, 0.5) is 11.5 Å². The molecule has 1 unspecified atom stereocenters. The summed E-state index contributed by atoms with van der Waals surface area (Å²) in [6.45, 7) is 3.66. The Morgan fingerprint density at radius 1 is 1.19 bits per heavy atom. The van der Waals surface area contributed by atoms with Gasteiger partial charge in [0.15, 0.2) is 5.82 Å². The number of anilines is 2. The lowest BCUT2D eigenvalue weighted by Gasteiger charge is -2.19. The van der Waals surface area contributed by atoms with Gasteiger partial charge >= 0.3 is 0 Å². The van der Waals surface area contributed by atoms with Crippen molar-refractivity contribution in [2.24, 2.45) is 0 Å². The summed E-state index contributed by atoms with van der Waals surface area (Å²) >= 11 is 0. The number of carbonyl (C=O) groups is 1. The molecule has 3 aromatic rings. The molecule has 0 saturated heterocycles. The lowest BCUT2D eigenvalue weighted by Crippen LogP contribution is -2.27. The zero-order valence-corrected chi connectivity index (χ0v) is 14.8. The number of pyridine rings is 1. The van der Waals surface area contributed by atoms with E-state index in [2.05, 4.69) is 20.8 Å². The molecule has 134 valence electrons. The summed E-state index contributed by atoms with van der Waals surface area (Å²) in [6.07, 6.45) is 1.63. The number of rotatable bonds is 6. The molecule has 7 heteroatoms. The standard InChI is InChI=1S/C19H20N4O3/c1-12-9-15(11-20-19(12)25-3)21-17(14-7-5-4-6-8-14)18(24)22-16-10-13(2)26-23-16/h4-11,17,21H,1-3H3,(H,22,23,24). The van der Waals surface area contributed by atoms with Crippen LogP contribution in [0.3, 0.4) is 0 Å². The number of amides is 1. The lowest BCUT2D eigenvalue weighted by molar-refractivity contribution is -0.117. The number of ether oxygens (including phenoxy) is 1. The third kappa shape index (κ3) is 4.00. The summed E-state index contributed by atoms with van der Waals surface area (Å²) in [7, 11) is 1.57. The molecule has 26 heavy (non-hydrogen) atoms. The maximum Gasteiger partial charge on any atom is 0.252 e. The normalized spacial score (nSPS) is 11.7. The van der Waals surface area contributed by atoms with Gasteiger partial charge < -0.3 is 19.9 Å². The first-order chi connectivity index (χ1) is 12.6. The van der Waals surface area contributed by atoms with Gasteiger partial charge in [-0.1, -0.05) is 35.5 Å². The van der Waals surface area contributed by atoms with Crippen molar-refractivity contribution >= 4 is 17.4 Å². The minimum absolute atomic E-state index is 0.252. The molecule has 0 aliphatic rings. The second-order valence-electron chi connectivity index (χ2n) is 5.85. The highest BCUT2D eigenvalue weighted by atomic mass is 16.5. The van der Waals surface area contributed by atoms with Crippen LogP contribution in [-0.4, -0.2) is 23.2 Å². The highest BCUT2D eigenvalue weighted by Gasteiger charge is 2.22. The van der Waals surface area contributed by atoms with Gasteiger partial charge in [-0.05, 0) is 25.5 Å². The fourth-order valence-electron chi connectivity index (χ4n) is 2.59. The summed E-state index contributed by atoms with van der Waals surface area (Å²) < 4.78 is 10.2. The van der Waals surface area contributed by atoms with Crippen LogP contribution in [0.5, 0.6) is 5.88 Å². The smallest absolute Gasteiger partial charge is 0.252 e. The number of carbonyl (C=O) groups excluding carboxylic acids is 1. The van der Waals surface area contributed by atoms with Crippen molar-refractivity contribution in [3.8, 4) is 5.88 Å². The number of nitrogens with one attached hydrogen (secondary N) is 2. The van der Waals surface area contributed by atoms with E-state index < -0.39 is 6.04 Å². The van der Waals surface area contributed by atoms with Gasteiger partial charge in [-0.25, -0.2) is 4.98 Å². The number of hydrogen-bond donors (Lipinski definition) is 2. The molecular weight excluding hydrogens is 332 g/mol. The molecule has 0 fully saturated rings. The third-order valence-corrected chi connectivity index (χ3v) is 3.81. The zero-order valence-electron chi connectivity index (χ0n) is 14.8. The quantitative estimate of drug-likeness (QED) is 0.706. The Labute approximate surface area is 151 Å². The molecule has 0 spiro atoms. The van der Waals surface area contributed by atoms with E-state index in [1.54, 1.807) is 26.3 Å². The van der Waals surface area contributed by atoms with Crippen LogP contribution >= 0.6 is 0 Å². The largest absolute Gasteiger partial charge is 0.481 e. The fourth-order valence-corrected chi connectivity index (χ4v) is 2.59. The van der Waals surface area contributed by atoms with Gasteiger partial charge in [-0.15, -0.1) is 0 Å². The molecule has 1 amide bonds. The third-order valence-electron chi connectivity index (χ3n) is 3.81. The minimum atomic E-state index is -0.622. The molecule has 0 saturated carbocycles. The van der Waals surface area contributed by atoms with Crippen LogP contribution < -0.4 is 15.4 Å². The van der Waals surface area contributed by atoms with Crippen LogP contribution in [0.1, 0.15) is 22.9 Å². The Morgan fingerprint density at radius 2 is 1.96 bits per heavy atom. The number of hydrogen-bond acceptors (Lipinski definition) is 6. The number of benzene rings is 1. The van der Waals surface area contributed by atoms with E-state index >= 15 is 0 Å². The predicted molar refractivity (Wildman–Crippen MR) is 98.2 cm³/mol. The van der Waals surface area contributed by atoms with Gasteiger partial charge in [0, 0.05) is 11.6 Å². The first kappa shape index (κ1) is 17.5. The molecule has 0 aliphatic carbocycles. The molecule has 1 atom stereocenters. The maximum absolute atomic E-state index is 12.8. The summed E-state index contributed by atoms with van der Waals surface area (Å²) in [5.41, 5.74) is 2.40. The molecule has 7 nitrogen and oxygen atoms in total. The summed E-state index contributed by atoms with van der Waals surface area (Å²) in [5.74, 6) is 1.30. The Kier molecular flexibility index (Phi) is 5.17. The topological polar surface area (TPSA) is 89.3 Å². The second-order valence-corrected chi connectivity index (χ2v) is 5.85. The molecule has 0 radical (unpaired) electrons. The van der Waals surface area contributed by atoms with E-state index in [4.69, 9.17) is 9.26 Å². The van der Waals surface area contributed by atoms with Crippen LogP contribution in [0, 0.1) is 13.8 Å². The van der Waals surface area contributed by atoms with Crippen LogP contribution in [0.25, 0.3) is 0 Å². The highest BCUT2D eigenvalue weighted by Crippen LogP contribution is 2.24. The van der Waals surface area contributed by atoms with Gasteiger partial charge in [0.05, 0.1) is 19.0 Å². The summed E-state index contributed by atoms with van der Waals surface area (Å²) in [4.78, 5) is 17.1. The van der Waals surface area contributed by atoms with Crippen molar-refractivity contribution in [1.29, 1.82) is 0 Å². The van der Waals surface area contributed by atoms with Crippen molar-refractivity contribution in [2.45, 2.75) is 19.9 Å². The highest BCUT2D eigenvalue weighted by molar-refractivity contribution is 5.96. The van der Waals surface area contributed by atoms with Crippen molar-refractivity contribution in [1.82, 2.24) is 10.1 Å². The zero-order chi connectivity index (χ0) is 18.5. The minimum Gasteiger partial charge on any atom is -0.481 e. The van der Waals surface area contributed by atoms with Gasteiger partial charge in [0.1, 0.15) is 11.8 Å². The van der Waals surface area contributed by atoms with Crippen molar-refractivity contribution in [3.63, 3.8) is 0 Å². The molecule has 0 bridgehead atoms. The predicted octanol–water partition coefficient (Wildman–Crippen LogP) is 3.49. The summed E-state index contributed by atoms with van der Waals surface area (Å²) in [6, 6.07) is 12.4. The molecule has 2 aromatic heterocycles. The number of nitrogens with zero attached hydrogens (tertiary/aromatic N) is 2. The van der Waals surface area contributed by atoms with Crippen LogP contribution in [0.15, 0.2) is 53.2 Å². The molecule has 2 heterocycles. The van der Waals surface area contributed by atoms with Crippen LogP contribution in [0.2, 0.25) is 0 Å². The molecule has 1 aromatic carbocycles. The van der Waals surface area contributed by atoms with Crippen LogP contribution in [-0.2, 0) is 4.79 Å². The first-order valence-corrected chi connectivity index (χ1v) is 8.13. The van der Waals surface area contributed by atoms with Gasteiger partial charge in [0.25, 0.3) is 5.91 Å². The van der Waals surface area contributed by atoms with E-state index in [1.807, 2.05) is 43.3 Å². The lowest BCUT2D eigenvalue weighted by atomic mass is 10.1. The Morgan fingerprint density at radius 3 is 2.58 bits per heavy atom. The maximum atomic E-state index is 12.8. The SMILES string of the molecule is COc1ncc(NC(C(=O)Nc2cc(C)on2)c2ccccc2)cc1C. The Balaban J connectivity index is 1.86. The molecule has 3 rings (SSSR count). The van der Waals surface area contributed by atoms with Crippen molar-refractivity contribution in [2.75, 3.05) is 17.7 Å². The fraction of sp³-hybridized carbons (Fsp3) is 0.211. The average Bonchev–Trinajstić information content (AvgIpc) is 3.05. The average molecular weight is 352 g/mol. The van der Waals surface area contributed by atoms with E-state index in [0.717, 1.165) is 11.1 Å².